The molecule has 0 bridgehead atoms. The maximum Gasteiger partial charge on any atom is 0.123 e. The minimum Gasteiger partial charge on any atom is -0.493 e. The summed E-state index contributed by atoms with van der Waals surface area (Å²) >= 11 is 0. The van der Waals surface area contributed by atoms with Gasteiger partial charge in [0.1, 0.15) is 11.6 Å². The molecule has 0 radical (unpaired) electrons. The quantitative estimate of drug-likeness (QED) is 0.930. The number of hydrogen-bond acceptors (Lipinski definition) is 2. The Morgan fingerprint density at radius 1 is 1.15 bits per heavy atom. The molecule has 0 spiro atoms. The number of benzene rings is 2. The first-order valence-electron chi connectivity index (χ1n) is 6.96. The van der Waals surface area contributed by atoms with Gasteiger partial charge in [0.15, 0.2) is 0 Å². The Morgan fingerprint density at radius 2 is 1.90 bits per heavy atom. The Bertz CT molecular complexity index is 582. The summed E-state index contributed by atoms with van der Waals surface area (Å²) in [6.07, 6.45) is 1.68. The van der Waals surface area contributed by atoms with Crippen molar-refractivity contribution in [3.8, 4) is 5.75 Å². The summed E-state index contributed by atoms with van der Waals surface area (Å²) in [5.41, 5.74) is 8.64. The Hall–Kier alpha value is -1.87. The van der Waals surface area contributed by atoms with E-state index in [1.807, 2.05) is 18.2 Å². The molecule has 20 heavy (non-hydrogen) atoms. The Labute approximate surface area is 118 Å². The van der Waals surface area contributed by atoms with Gasteiger partial charge >= 0.3 is 0 Å². The number of rotatable bonds is 3. The molecule has 1 aliphatic rings. The second kappa shape index (κ2) is 5.63. The van der Waals surface area contributed by atoms with E-state index in [0.29, 0.717) is 12.5 Å². The molecule has 0 saturated carbocycles. The second-order valence-corrected chi connectivity index (χ2v) is 5.28. The van der Waals surface area contributed by atoms with Gasteiger partial charge in [0.05, 0.1) is 6.61 Å². The van der Waals surface area contributed by atoms with Gasteiger partial charge in [-0.05, 0) is 42.2 Å². The molecule has 2 atom stereocenters. The van der Waals surface area contributed by atoms with E-state index in [1.54, 1.807) is 12.1 Å². The van der Waals surface area contributed by atoms with E-state index in [2.05, 4.69) is 6.07 Å². The van der Waals surface area contributed by atoms with Gasteiger partial charge in [-0.2, -0.15) is 0 Å². The number of para-hydroxylation sites is 1. The summed E-state index contributed by atoms with van der Waals surface area (Å²) in [4.78, 5) is 0. The van der Waals surface area contributed by atoms with Crippen molar-refractivity contribution in [2.45, 2.75) is 24.8 Å². The number of nitrogens with two attached hydrogens (primary N) is 1. The fourth-order valence-electron chi connectivity index (χ4n) is 2.85. The topological polar surface area (TPSA) is 35.2 Å². The molecule has 0 fully saturated rings. The monoisotopic (exact) mass is 271 g/mol. The molecule has 2 aromatic carbocycles. The van der Waals surface area contributed by atoms with Gasteiger partial charge in [0.2, 0.25) is 0 Å². The summed E-state index contributed by atoms with van der Waals surface area (Å²) in [6, 6.07) is 14.7. The van der Waals surface area contributed by atoms with Gasteiger partial charge in [0.25, 0.3) is 0 Å². The van der Waals surface area contributed by atoms with Crippen LogP contribution in [0.2, 0.25) is 0 Å². The second-order valence-electron chi connectivity index (χ2n) is 5.28. The fraction of sp³-hybridized carbons (Fsp3) is 0.294. The lowest BCUT2D eigenvalue weighted by Crippen LogP contribution is -2.34. The molecule has 2 N–H and O–H groups in total. The van der Waals surface area contributed by atoms with Crippen molar-refractivity contribution in [2.75, 3.05) is 6.61 Å². The van der Waals surface area contributed by atoms with Crippen LogP contribution >= 0.6 is 0 Å². The van der Waals surface area contributed by atoms with Crippen LogP contribution in [0.3, 0.4) is 0 Å². The number of hydrogen-bond donors (Lipinski definition) is 1. The zero-order valence-electron chi connectivity index (χ0n) is 11.3. The number of halogens is 1. The average molecular weight is 271 g/mol. The SMILES string of the molecule is NC(Cc1ccc(F)cc1)C1CCOc2ccccc21. The third-order valence-electron chi connectivity index (χ3n) is 3.91. The average Bonchev–Trinajstić information content (AvgIpc) is 2.49. The fourth-order valence-corrected chi connectivity index (χ4v) is 2.85. The van der Waals surface area contributed by atoms with E-state index in [4.69, 9.17) is 10.5 Å². The molecular weight excluding hydrogens is 253 g/mol. The van der Waals surface area contributed by atoms with Crippen molar-refractivity contribution in [3.05, 3.63) is 65.5 Å². The summed E-state index contributed by atoms with van der Waals surface area (Å²) in [6.45, 7) is 0.707. The molecule has 3 rings (SSSR count). The van der Waals surface area contributed by atoms with Gasteiger partial charge < -0.3 is 10.5 Å². The summed E-state index contributed by atoms with van der Waals surface area (Å²) < 4.78 is 18.6. The smallest absolute Gasteiger partial charge is 0.123 e. The highest BCUT2D eigenvalue weighted by atomic mass is 19.1. The first-order chi connectivity index (χ1) is 9.74. The van der Waals surface area contributed by atoms with E-state index in [9.17, 15) is 4.39 Å². The van der Waals surface area contributed by atoms with Crippen molar-refractivity contribution in [1.29, 1.82) is 0 Å². The molecule has 0 aromatic heterocycles. The van der Waals surface area contributed by atoms with Crippen LogP contribution in [0.15, 0.2) is 48.5 Å². The van der Waals surface area contributed by atoms with Crippen LogP contribution in [0.25, 0.3) is 0 Å². The summed E-state index contributed by atoms with van der Waals surface area (Å²) in [7, 11) is 0. The van der Waals surface area contributed by atoms with Gasteiger partial charge in [-0.1, -0.05) is 30.3 Å². The molecule has 104 valence electrons. The highest BCUT2D eigenvalue weighted by molar-refractivity contribution is 5.39. The van der Waals surface area contributed by atoms with Crippen LogP contribution in [-0.2, 0) is 6.42 Å². The predicted octanol–water partition coefficient (Wildman–Crippen LogP) is 3.26. The Kier molecular flexibility index (Phi) is 3.70. The van der Waals surface area contributed by atoms with Crippen LogP contribution < -0.4 is 10.5 Å². The van der Waals surface area contributed by atoms with E-state index < -0.39 is 0 Å². The van der Waals surface area contributed by atoms with Crippen LogP contribution in [0.5, 0.6) is 5.75 Å². The third-order valence-corrected chi connectivity index (χ3v) is 3.91. The van der Waals surface area contributed by atoms with E-state index in [-0.39, 0.29) is 11.9 Å². The maximum atomic E-state index is 12.9. The maximum absolute atomic E-state index is 12.9. The Morgan fingerprint density at radius 3 is 2.70 bits per heavy atom. The minimum absolute atomic E-state index is 0.0190. The molecule has 0 amide bonds. The van der Waals surface area contributed by atoms with Gasteiger partial charge in [-0.15, -0.1) is 0 Å². The third kappa shape index (κ3) is 2.68. The van der Waals surface area contributed by atoms with Crippen LogP contribution in [0.1, 0.15) is 23.5 Å². The normalized spacial score (nSPS) is 19.0. The molecule has 2 nitrogen and oxygen atoms in total. The van der Waals surface area contributed by atoms with Gasteiger partial charge in [0, 0.05) is 12.0 Å². The highest BCUT2D eigenvalue weighted by Gasteiger charge is 2.26. The van der Waals surface area contributed by atoms with Crippen molar-refractivity contribution >= 4 is 0 Å². The summed E-state index contributed by atoms with van der Waals surface area (Å²) in [5.74, 6) is 1.03. The van der Waals surface area contributed by atoms with Crippen molar-refractivity contribution in [3.63, 3.8) is 0 Å². The Balaban J connectivity index is 1.78. The van der Waals surface area contributed by atoms with E-state index in [0.717, 1.165) is 24.2 Å². The lowest BCUT2D eigenvalue weighted by Gasteiger charge is -2.30. The lowest BCUT2D eigenvalue weighted by atomic mass is 9.84. The molecule has 2 aromatic rings. The first-order valence-corrected chi connectivity index (χ1v) is 6.96. The van der Waals surface area contributed by atoms with Crippen molar-refractivity contribution in [1.82, 2.24) is 0 Å². The largest absolute Gasteiger partial charge is 0.493 e. The van der Waals surface area contributed by atoms with Gasteiger partial charge in [-0.3, -0.25) is 0 Å². The van der Waals surface area contributed by atoms with Crippen LogP contribution in [-0.4, -0.2) is 12.6 Å². The van der Waals surface area contributed by atoms with E-state index in [1.165, 1.54) is 17.7 Å². The molecule has 1 aliphatic heterocycles. The molecule has 1 heterocycles. The first kappa shape index (κ1) is 13.1. The standard InChI is InChI=1S/C17H18FNO/c18-13-7-5-12(6-8-13)11-16(19)14-9-10-20-17-4-2-1-3-15(14)17/h1-8,14,16H,9-11,19H2. The van der Waals surface area contributed by atoms with Crippen LogP contribution in [0.4, 0.5) is 4.39 Å². The molecule has 0 saturated heterocycles. The molecule has 0 aliphatic carbocycles. The predicted molar refractivity (Wildman–Crippen MR) is 77.4 cm³/mol. The molecule has 2 unspecified atom stereocenters. The van der Waals surface area contributed by atoms with E-state index >= 15 is 0 Å². The van der Waals surface area contributed by atoms with Crippen molar-refractivity contribution in [2.24, 2.45) is 5.73 Å². The summed E-state index contributed by atoms with van der Waals surface area (Å²) in [5, 5.41) is 0. The lowest BCUT2D eigenvalue weighted by molar-refractivity contribution is 0.254. The zero-order valence-corrected chi connectivity index (χ0v) is 11.3. The number of ether oxygens (including phenoxy) is 1. The molecule has 3 heteroatoms. The number of fused-ring (bicyclic) bond motifs is 1. The highest BCUT2D eigenvalue weighted by Crippen LogP contribution is 2.35. The van der Waals surface area contributed by atoms with Crippen molar-refractivity contribution < 1.29 is 9.13 Å². The van der Waals surface area contributed by atoms with Gasteiger partial charge in [-0.25, -0.2) is 4.39 Å². The minimum atomic E-state index is -0.210. The molecular formula is C17H18FNO. The van der Waals surface area contributed by atoms with Crippen LogP contribution in [0, 0.1) is 5.82 Å². The zero-order chi connectivity index (χ0) is 13.9.